The van der Waals surface area contributed by atoms with E-state index in [-0.39, 0.29) is 6.04 Å². The van der Waals surface area contributed by atoms with Crippen LogP contribution in [-0.4, -0.2) is 44.7 Å². The maximum Gasteiger partial charge on any atom is 0.196 e. The van der Waals surface area contributed by atoms with E-state index >= 15 is 0 Å². The predicted octanol–water partition coefficient (Wildman–Crippen LogP) is 5.23. The van der Waals surface area contributed by atoms with Crippen LogP contribution < -0.4 is 10.1 Å². The van der Waals surface area contributed by atoms with Crippen molar-refractivity contribution < 1.29 is 9.15 Å². The average Bonchev–Trinajstić information content (AvgIpc) is 3.65. The second kappa shape index (κ2) is 9.47. The highest BCUT2D eigenvalue weighted by molar-refractivity contribution is 7.13. The number of hydrogen-bond acceptors (Lipinski definition) is 8. The molecule has 3 aliphatic rings. The standard InChI is InChI=1S/C29H32N6O2S/c1-3-19-17-38-28-25(19)26(32-23(14-24-31-12-13-36-24)27-34-33-18(2)35(27)28)20-4-6-21(7-5-20)37-22-15-29(16-22)8-10-30-11-9-29/h4-7,12-13,17,22-23,30H,3,8-11,14-16H2,1-2H3/t23-/m0/s1. The number of piperidine rings is 1. The largest absolute Gasteiger partial charge is 0.490 e. The van der Waals surface area contributed by atoms with Crippen LogP contribution in [0.4, 0.5) is 0 Å². The normalized spacial score (nSPS) is 20.4. The number of ether oxygens (including phenoxy) is 1. The number of aromatic nitrogens is 4. The number of aliphatic imine (C=N–C) groups is 1. The summed E-state index contributed by atoms with van der Waals surface area (Å²) in [6.45, 7) is 6.47. The van der Waals surface area contributed by atoms with Crippen LogP contribution in [0.1, 0.15) is 72.9 Å². The summed E-state index contributed by atoms with van der Waals surface area (Å²) in [6, 6.07) is 8.23. The molecule has 0 radical (unpaired) electrons. The molecule has 1 saturated carbocycles. The molecule has 4 aromatic rings. The third-order valence-electron chi connectivity index (χ3n) is 8.37. The summed E-state index contributed by atoms with van der Waals surface area (Å²) in [5, 5.41) is 15.8. The van der Waals surface area contributed by atoms with E-state index in [9.17, 15) is 0 Å². The van der Waals surface area contributed by atoms with Crippen LogP contribution in [0.15, 0.2) is 51.5 Å². The molecular formula is C29H32N6O2S. The van der Waals surface area contributed by atoms with Crippen molar-refractivity contribution in [3.8, 4) is 10.8 Å². The smallest absolute Gasteiger partial charge is 0.196 e. The Labute approximate surface area is 226 Å². The summed E-state index contributed by atoms with van der Waals surface area (Å²) in [7, 11) is 0. The third-order valence-corrected chi connectivity index (χ3v) is 9.38. The number of thiophene rings is 1. The van der Waals surface area contributed by atoms with Gasteiger partial charge in [0.05, 0.1) is 24.4 Å². The highest BCUT2D eigenvalue weighted by Gasteiger charge is 2.45. The zero-order chi connectivity index (χ0) is 25.7. The van der Waals surface area contributed by atoms with Gasteiger partial charge in [0, 0.05) is 11.1 Å². The van der Waals surface area contributed by atoms with Crippen LogP contribution in [-0.2, 0) is 12.8 Å². The van der Waals surface area contributed by atoms with Gasteiger partial charge in [0.25, 0.3) is 0 Å². The van der Waals surface area contributed by atoms with E-state index in [1.165, 1.54) is 31.2 Å². The number of oxazole rings is 1. The lowest BCUT2D eigenvalue weighted by Gasteiger charge is -2.49. The summed E-state index contributed by atoms with van der Waals surface area (Å²) >= 11 is 1.73. The van der Waals surface area contributed by atoms with Gasteiger partial charge in [0.1, 0.15) is 28.9 Å². The van der Waals surface area contributed by atoms with Gasteiger partial charge >= 0.3 is 0 Å². The van der Waals surface area contributed by atoms with Crippen molar-refractivity contribution in [2.24, 2.45) is 10.4 Å². The molecule has 38 heavy (non-hydrogen) atoms. The number of fused-ring (bicyclic) bond motifs is 3. The van der Waals surface area contributed by atoms with E-state index in [0.717, 1.165) is 58.7 Å². The molecule has 1 spiro atoms. The quantitative estimate of drug-likeness (QED) is 0.368. The average molecular weight is 529 g/mol. The molecular weight excluding hydrogens is 496 g/mol. The molecule has 2 aliphatic heterocycles. The highest BCUT2D eigenvalue weighted by atomic mass is 32.1. The van der Waals surface area contributed by atoms with Crippen molar-refractivity contribution in [3.05, 3.63) is 76.3 Å². The first kappa shape index (κ1) is 23.8. The molecule has 9 heteroatoms. The second-order valence-electron chi connectivity index (χ2n) is 10.8. The minimum Gasteiger partial charge on any atom is -0.490 e. The van der Waals surface area contributed by atoms with Crippen molar-refractivity contribution in [2.45, 2.75) is 64.5 Å². The SMILES string of the molecule is CCc1csc2c1C(c1ccc(OC3CC4(CCNCC4)C3)cc1)=N[C@@H](Cc1ncco1)c1nnc(C)n1-2. The lowest BCUT2D eigenvalue weighted by atomic mass is 9.62. The molecule has 7 rings (SSSR count). The van der Waals surface area contributed by atoms with E-state index < -0.39 is 0 Å². The number of hydrogen-bond donors (Lipinski definition) is 1. The molecule has 1 saturated heterocycles. The highest BCUT2D eigenvalue weighted by Crippen LogP contribution is 2.49. The van der Waals surface area contributed by atoms with Crippen molar-refractivity contribution >= 4 is 17.0 Å². The Balaban J connectivity index is 1.22. The second-order valence-corrected chi connectivity index (χ2v) is 11.6. The Morgan fingerprint density at radius 2 is 1.97 bits per heavy atom. The Morgan fingerprint density at radius 3 is 2.71 bits per heavy atom. The summed E-state index contributed by atoms with van der Waals surface area (Å²) in [5.41, 5.74) is 5.00. The Bertz CT molecular complexity index is 1460. The maximum atomic E-state index is 6.39. The molecule has 1 atom stereocenters. The summed E-state index contributed by atoms with van der Waals surface area (Å²) in [6.07, 6.45) is 9.92. The van der Waals surface area contributed by atoms with Gasteiger partial charge in [-0.15, -0.1) is 21.5 Å². The van der Waals surface area contributed by atoms with Crippen molar-refractivity contribution in [2.75, 3.05) is 13.1 Å². The van der Waals surface area contributed by atoms with Gasteiger partial charge in [-0.25, -0.2) is 4.98 Å². The summed E-state index contributed by atoms with van der Waals surface area (Å²) < 4.78 is 14.1. The lowest BCUT2D eigenvalue weighted by molar-refractivity contribution is -0.0347. The first-order valence-electron chi connectivity index (χ1n) is 13.6. The zero-order valence-corrected chi connectivity index (χ0v) is 22.6. The fourth-order valence-electron chi connectivity index (χ4n) is 6.30. The van der Waals surface area contributed by atoms with E-state index in [2.05, 4.69) is 61.6 Å². The molecule has 8 nitrogen and oxygen atoms in total. The number of rotatable bonds is 6. The van der Waals surface area contributed by atoms with Crippen LogP contribution in [0.2, 0.25) is 0 Å². The van der Waals surface area contributed by atoms with E-state index in [0.29, 0.717) is 23.8 Å². The van der Waals surface area contributed by atoms with Crippen molar-refractivity contribution in [3.63, 3.8) is 0 Å². The van der Waals surface area contributed by atoms with Gasteiger partial charge in [0.2, 0.25) is 0 Å². The van der Waals surface area contributed by atoms with Gasteiger partial charge in [-0.1, -0.05) is 6.92 Å². The van der Waals surface area contributed by atoms with Crippen molar-refractivity contribution in [1.82, 2.24) is 25.1 Å². The van der Waals surface area contributed by atoms with Gasteiger partial charge < -0.3 is 14.5 Å². The molecule has 196 valence electrons. The minimum absolute atomic E-state index is 0.263. The third kappa shape index (κ3) is 4.08. The molecule has 0 unspecified atom stereocenters. The van der Waals surface area contributed by atoms with E-state index in [1.54, 1.807) is 23.8 Å². The number of nitrogens with zero attached hydrogens (tertiary/aromatic N) is 5. The fraction of sp³-hybridized carbons (Fsp3) is 0.448. The van der Waals surface area contributed by atoms with Crippen LogP contribution in [0, 0.1) is 12.3 Å². The first-order chi connectivity index (χ1) is 18.6. The van der Waals surface area contributed by atoms with Gasteiger partial charge in [-0.2, -0.15) is 0 Å². The first-order valence-corrected chi connectivity index (χ1v) is 14.5. The zero-order valence-electron chi connectivity index (χ0n) is 21.8. The Kier molecular flexibility index (Phi) is 5.93. The van der Waals surface area contributed by atoms with Gasteiger partial charge in [-0.05, 0) is 92.7 Å². The van der Waals surface area contributed by atoms with E-state index in [4.69, 9.17) is 14.1 Å². The van der Waals surface area contributed by atoms with Gasteiger partial charge in [0.15, 0.2) is 11.7 Å². The predicted molar refractivity (Wildman–Crippen MR) is 147 cm³/mol. The Morgan fingerprint density at radius 1 is 1.16 bits per heavy atom. The van der Waals surface area contributed by atoms with Crippen LogP contribution in [0.25, 0.3) is 5.00 Å². The van der Waals surface area contributed by atoms with Crippen LogP contribution in [0.5, 0.6) is 5.75 Å². The Hall–Kier alpha value is -3.30. The molecule has 1 aromatic carbocycles. The van der Waals surface area contributed by atoms with Gasteiger partial charge in [-0.3, -0.25) is 9.56 Å². The number of benzene rings is 1. The lowest BCUT2D eigenvalue weighted by Crippen LogP contribution is -2.49. The molecule has 1 N–H and O–H groups in total. The van der Waals surface area contributed by atoms with Crippen molar-refractivity contribution in [1.29, 1.82) is 0 Å². The monoisotopic (exact) mass is 528 g/mol. The molecule has 0 amide bonds. The molecule has 5 heterocycles. The summed E-state index contributed by atoms with van der Waals surface area (Å²) in [4.78, 5) is 9.69. The molecule has 3 aromatic heterocycles. The maximum absolute atomic E-state index is 6.39. The fourth-order valence-corrected chi connectivity index (χ4v) is 7.51. The summed E-state index contributed by atoms with van der Waals surface area (Å²) in [5.74, 6) is 3.25. The minimum atomic E-state index is -0.263. The topological polar surface area (TPSA) is 90.4 Å². The van der Waals surface area contributed by atoms with Crippen LogP contribution in [0.3, 0.4) is 0 Å². The van der Waals surface area contributed by atoms with Crippen LogP contribution >= 0.6 is 11.3 Å². The molecule has 0 bridgehead atoms. The van der Waals surface area contributed by atoms with E-state index in [1.807, 2.05) is 6.92 Å². The molecule has 1 aliphatic carbocycles. The molecule has 2 fully saturated rings. The number of aryl methyl sites for hydroxylation is 2. The number of nitrogens with one attached hydrogen (secondary N) is 1.